The summed E-state index contributed by atoms with van der Waals surface area (Å²) in [4.78, 5) is 73.0. The Kier molecular flexibility index (Phi) is 19.1. The second-order valence-corrected chi connectivity index (χ2v) is 15.7. The van der Waals surface area contributed by atoms with E-state index in [1.54, 1.807) is 30.9 Å². The Morgan fingerprint density at radius 1 is 0.907 bits per heavy atom. The zero-order valence-corrected chi connectivity index (χ0v) is 34.8. The molecule has 13 nitrogen and oxygen atoms in total. The van der Waals surface area contributed by atoms with Crippen LogP contribution < -0.4 is 10.6 Å². The van der Waals surface area contributed by atoms with Crippen molar-refractivity contribution in [1.82, 2.24) is 25.3 Å². The van der Waals surface area contributed by atoms with Crippen molar-refractivity contribution in [3.8, 4) is 0 Å². The van der Waals surface area contributed by atoms with Gasteiger partial charge >= 0.3 is 5.97 Å². The molecular formula is C41H69N5O8. The van der Waals surface area contributed by atoms with Crippen molar-refractivity contribution in [1.29, 1.82) is 0 Å². The summed E-state index contributed by atoms with van der Waals surface area (Å²) in [6.45, 7) is 16.7. The highest BCUT2D eigenvalue weighted by Gasteiger charge is 2.43. The molecule has 4 amide bonds. The number of benzene rings is 1. The maximum atomic E-state index is 14.3. The molecule has 1 aliphatic heterocycles. The van der Waals surface area contributed by atoms with Crippen molar-refractivity contribution in [3.63, 3.8) is 0 Å². The molecule has 1 aromatic carbocycles. The highest BCUT2D eigenvalue weighted by atomic mass is 16.5. The first-order valence-corrected chi connectivity index (χ1v) is 19.6. The van der Waals surface area contributed by atoms with Crippen LogP contribution in [0.2, 0.25) is 0 Å². The summed E-state index contributed by atoms with van der Waals surface area (Å²) in [6.07, 6.45) is 0.821. The topological polar surface area (TPSA) is 158 Å². The molecule has 9 atom stereocenters. The summed E-state index contributed by atoms with van der Waals surface area (Å²) in [5, 5.41) is 15.6. The molecule has 1 fully saturated rings. The lowest BCUT2D eigenvalue weighted by atomic mass is 9.89. The van der Waals surface area contributed by atoms with Crippen molar-refractivity contribution in [2.45, 2.75) is 130 Å². The molecule has 0 aromatic heterocycles. The first kappa shape index (κ1) is 46.6. The maximum Gasteiger partial charge on any atom is 0.326 e. The van der Waals surface area contributed by atoms with Gasteiger partial charge in [-0.3, -0.25) is 24.1 Å². The van der Waals surface area contributed by atoms with E-state index in [9.17, 15) is 29.1 Å². The monoisotopic (exact) mass is 760 g/mol. The second kappa shape index (κ2) is 22.1. The number of hydrogen-bond acceptors (Lipinski definition) is 8. The van der Waals surface area contributed by atoms with Gasteiger partial charge in [-0.15, -0.1) is 0 Å². The van der Waals surface area contributed by atoms with Gasteiger partial charge in [0.25, 0.3) is 0 Å². The van der Waals surface area contributed by atoms with E-state index in [1.165, 1.54) is 7.11 Å². The van der Waals surface area contributed by atoms with Crippen molar-refractivity contribution in [2.75, 3.05) is 41.4 Å². The fraction of sp³-hybridized carbons (Fsp3) is 0.732. The van der Waals surface area contributed by atoms with E-state index in [1.807, 2.05) is 90.7 Å². The van der Waals surface area contributed by atoms with E-state index >= 15 is 0 Å². The molecule has 2 rings (SSSR count). The minimum atomic E-state index is -1.14. The van der Waals surface area contributed by atoms with E-state index in [4.69, 9.17) is 9.47 Å². The van der Waals surface area contributed by atoms with Crippen LogP contribution in [0.4, 0.5) is 0 Å². The van der Waals surface area contributed by atoms with Crippen molar-refractivity contribution in [3.05, 3.63) is 35.9 Å². The number of hydrogen-bond donors (Lipinski definition) is 3. The number of methoxy groups -OCH3 is 2. The summed E-state index contributed by atoms with van der Waals surface area (Å²) in [5.41, 5.74) is 0.786. The van der Waals surface area contributed by atoms with Gasteiger partial charge in [-0.2, -0.15) is 0 Å². The Hall–Kier alpha value is -3.55. The van der Waals surface area contributed by atoms with E-state index in [-0.39, 0.29) is 48.3 Å². The average molecular weight is 760 g/mol. The quantitative estimate of drug-likeness (QED) is 0.160. The summed E-state index contributed by atoms with van der Waals surface area (Å²) >= 11 is 0. The van der Waals surface area contributed by atoms with Crippen molar-refractivity contribution >= 4 is 29.6 Å². The molecule has 8 unspecified atom stereocenters. The third kappa shape index (κ3) is 12.2. The maximum absolute atomic E-state index is 14.3. The van der Waals surface area contributed by atoms with Gasteiger partial charge in [0.2, 0.25) is 23.6 Å². The van der Waals surface area contributed by atoms with Gasteiger partial charge in [-0.1, -0.05) is 92.1 Å². The molecule has 0 saturated carbocycles. The first-order valence-electron chi connectivity index (χ1n) is 19.6. The number of nitrogens with one attached hydrogen (secondary N) is 2. The van der Waals surface area contributed by atoms with Crippen LogP contribution in [0.15, 0.2) is 30.3 Å². The highest BCUT2D eigenvalue weighted by molar-refractivity contribution is 5.90. The fourth-order valence-corrected chi connectivity index (χ4v) is 7.84. The number of amides is 4. The molecule has 0 bridgehead atoms. The third-order valence-electron chi connectivity index (χ3n) is 11.3. The number of rotatable bonds is 22. The van der Waals surface area contributed by atoms with Crippen LogP contribution in [0.25, 0.3) is 0 Å². The largest absolute Gasteiger partial charge is 0.480 e. The van der Waals surface area contributed by atoms with Gasteiger partial charge in [-0.05, 0) is 49.8 Å². The molecule has 1 aliphatic rings. The van der Waals surface area contributed by atoms with Gasteiger partial charge in [0.15, 0.2) is 0 Å². The number of aliphatic carboxylic acids is 1. The van der Waals surface area contributed by atoms with Crippen LogP contribution >= 0.6 is 0 Å². The minimum Gasteiger partial charge on any atom is -0.480 e. The van der Waals surface area contributed by atoms with Gasteiger partial charge in [0.05, 0.1) is 42.7 Å². The van der Waals surface area contributed by atoms with Crippen LogP contribution in [-0.4, -0.2) is 133 Å². The van der Waals surface area contributed by atoms with Crippen LogP contribution in [0.1, 0.15) is 86.6 Å². The second-order valence-electron chi connectivity index (χ2n) is 15.7. The Labute approximate surface area is 323 Å². The standard InChI is InChI=1S/C41H69N5O8/c1-13-27(7)36(45(10)40(50)34(25(3)4)43-39(49)35(26(5)6)44(9)14-2)32(53-11)24-33(47)46-22-18-21-31(46)37(54-12)28(8)38(48)42-30(41(51)52)23-29-19-16-15-17-20-29/h15-17,19-20,25-28,30-32,34-37H,13-14,18,21-24H2,1-12H3,(H,42,48)(H,43,49)(H,51,52)/t27?,28?,30?,31?,32?,34-,35?,36?,37?/m0/s1. The van der Waals surface area contributed by atoms with Crippen LogP contribution in [0.5, 0.6) is 0 Å². The number of nitrogens with zero attached hydrogens (tertiary/aromatic N) is 3. The SMILES string of the molecule is CCC(C)C(C(CC(=O)N1CCCC1C(OC)C(C)C(=O)NC(Cc1ccccc1)C(=O)O)OC)N(C)C(=O)[C@@H](NC(=O)C(C(C)C)N(C)CC)C(C)C. The molecule has 54 heavy (non-hydrogen) atoms. The number of carbonyl (C=O) groups excluding carboxylic acids is 4. The molecule has 306 valence electrons. The molecule has 3 N–H and O–H groups in total. The Bertz CT molecular complexity index is 1360. The Morgan fingerprint density at radius 2 is 1.54 bits per heavy atom. The zero-order chi connectivity index (χ0) is 40.9. The molecule has 1 saturated heterocycles. The molecule has 0 spiro atoms. The van der Waals surface area contributed by atoms with Crippen LogP contribution in [0, 0.1) is 23.7 Å². The number of ether oxygens (including phenoxy) is 2. The Morgan fingerprint density at radius 3 is 2.04 bits per heavy atom. The van der Waals surface area contributed by atoms with E-state index in [0.717, 1.165) is 12.0 Å². The molecule has 0 aliphatic carbocycles. The number of carbonyl (C=O) groups is 5. The number of likely N-dealkylation sites (N-methyl/N-ethyl adjacent to an activating group) is 2. The molecule has 1 heterocycles. The smallest absolute Gasteiger partial charge is 0.326 e. The molecule has 1 aromatic rings. The van der Waals surface area contributed by atoms with Crippen molar-refractivity contribution < 1.29 is 38.6 Å². The highest BCUT2D eigenvalue weighted by Crippen LogP contribution is 2.30. The number of carboxylic acids is 1. The predicted molar refractivity (Wildman–Crippen MR) is 210 cm³/mol. The first-order chi connectivity index (χ1) is 25.4. The molecule has 0 radical (unpaired) electrons. The fourth-order valence-electron chi connectivity index (χ4n) is 7.84. The van der Waals surface area contributed by atoms with E-state index in [2.05, 4.69) is 10.6 Å². The van der Waals surface area contributed by atoms with Crippen LogP contribution in [0.3, 0.4) is 0 Å². The number of carboxylic acid groups (broad SMARTS) is 1. The third-order valence-corrected chi connectivity index (χ3v) is 11.3. The van der Waals surface area contributed by atoms with Gasteiger partial charge in [-0.25, -0.2) is 4.79 Å². The lowest BCUT2D eigenvalue weighted by molar-refractivity contribution is -0.148. The summed E-state index contributed by atoms with van der Waals surface area (Å²) in [7, 11) is 6.66. The lowest BCUT2D eigenvalue weighted by Crippen LogP contribution is -2.60. The average Bonchev–Trinajstić information content (AvgIpc) is 3.62. The van der Waals surface area contributed by atoms with Gasteiger partial charge in [0.1, 0.15) is 12.1 Å². The molecular weight excluding hydrogens is 690 g/mol. The summed E-state index contributed by atoms with van der Waals surface area (Å²) in [6, 6.07) is 5.91. The number of likely N-dealkylation sites (tertiary alicyclic amines) is 1. The molecule has 13 heteroatoms. The summed E-state index contributed by atoms with van der Waals surface area (Å²) in [5.74, 6) is -3.18. The minimum absolute atomic E-state index is 0.00970. The normalized spacial score (nSPS) is 19.1. The predicted octanol–water partition coefficient (Wildman–Crippen LogP) is 3.84. The van der Waals surface area contributed by atoms with Gasteiger partial charge < -0.3 is 35.0 Å². The Balaban J connectivity index is 2.28. The van der Waals surface area contributed by atoms with Crippen molar-refractivity contribution in [2.24, 2.45) is 23.7 Å². The van der Waals surface area contributed by atoms with E-state index < -0.39 is 60.2 Å². The van der Waals surface area contributed by atoms with Crippen LogP contribution in [-0.2, 0) is 39.9 Å². The van der Waals surface area contributed by atoms with E-state index in [0.29, 0.717) is 25.9 Å². The van der Waals surface area contributed by atoms with Gasteiger partial charge in [0, 0.05) is 34.2 Å². The summed E-state index contributed by atoms with van der Waals surface area (Å²) < 4.78 is 11.9. The lowest BCUT2D eigenvalue weighted by Gasteiger charge is -2.41. The zero-order valence-electron chi connectivity index (χ0n) is 34.8.